The minimum atomic E-state index is -1.15. The summed E-state index contributed by atoms with van der Waals surface area (Å²) in [5.74, 6) is -0.758. The van der Waals surface area contributed by atoms with Crippen molar-refractivity contribution in [1.29, 1.82) is 0 Å². The maximum atomic E-state index is 11.2. The summed E-state index contributed by atoms with van der Waals surface area (Å²) >= 11 is 0. The van der Waals surface area contributed by atoms with Gasteiger partial charge in [0.05, 0.1) is 6.61 Å². The van der Waals surface area contributed by atoms with E-state index < -0.39 is 5.97 Å². The smallest absolute Gasteiger partial charge is 0.339 e. The van der Waals surface area contributed by atoms with Crippen LogP contribution in [-0.2, 0) is 12.8 Å². The van der Waals surface area contributed by atoms with Crippen LogP contribution in [0.15, 0.2) is 24.3 Å². The molecular formula is C25H34O6. The Hall–Kier alpha value is -2.89. The molecule has 0 aliphatic heterocycles. The normalized spacial score (nSPS) is 11.1. The van der Waals surface area contributed by atoms with Gasteiger partial charge in [-0.1, -0.05) is 46.1 Å². The number of hydrogen-bond acceptors (Lipinski definition) is 5. The van der Waals surface area contributed by atoms with Gasteiger partial charge in [0.15, 0.2) is 11.5 Å². The average molecular weight is 431 g/mol. The van der Waals surface area contributed by atoms with Crippen molar-refractivity contribution >= 4 is 5.97 Å². The van der Waals surface area contributed by atoms with Crippen molar-refractivity contribution in [1.82, 2.24) is 0 Å². The molecule has 0 saturated heterocycles. The number of phenols is 3. The van der Waals surface area contributed by atoms with Gasteiger partial charge in [-0.25, -0.2) is 4.79 Å². The van der Waals surface area contributed by atoms with Gasteiger partial charge in [-0.2, -0.15) is 0 Å². The Bertz CT molecular complexity index is 888. The molecule has 6 heteroatoms. The molecule has 2 aromatic rings. The van der Waals surface area contributed by atoms with E-state index in [1.54, 1.807) is 12.1 Å². The first-order valence-corrected chi connectivity index (χ1v) is 11.0. The fraction of sp³-hybridized carbons (Fsp3) is 0.480. The molecule has 31 heavy (non-hydrogen) atoms. The van der Waals surface area contributed by atoms with E-state index >= 15 is 0 Å². The standard InChI is InChI=1S/C25H34O6/c1-4-9-18-21(14-12-19(23(18)27)25(29)30)31-15-8-6-5-7-10-17-11-13-20(26)24(28)22(17)16(2)3/h11-14,16,26-28H,4-10,15H2,1-3H3,(H,29,30). The average Bonchev–Trinajstić information content (AvgIpc) is 2.71. The van der Waals surface area contributed by atoms with Crippen LogP contribution >= 0.6 is 0 Å². The lowest BCUT2D eigenvalue weighted by Crippen LogP contribution is -2.04. The molecule has 0 amide bonds. The van der Waals surface area contributed by atoms with Crippen molar-refractivity contribution in [3.63, 3.8) is 0 Å². The molecule has 0 aromatic heterocycles. The molecule has 2 aromatic carbocycles. The van der Waals surface area contributed by atoms with Crippen LogP contribution in [0.2, 0.25) is 0 Å². The number of aromatic hydroxyl groups is 3. The first-order chi connectivity index (χ1) is 14.8. The minimum Gasteiger partial charge on any atom is -0.507 e. The third-order valence-electron chi connectivity index (χ3n) is 5.43. The number of hydrogen-bond donors (Lipinski definition) is 4. The van der Waals surface area contributed by atoms with Crippen LogP contribution in [0.25, 0.3) is 0 Å². The van der Waals surface area contributed by atoms with Crippen LogP contribution in [0, 0.1) is 0 Å². The highest BCUT2D eigenvalue weighted by Gasteiger charge is 2.18. The number of aryl methyl sites for hydroxylation is 1. The van der Waals surface area contributed by atoms with Crippen molar-refractivity contribution in [3.05, 3.63) is 46.5 Å². The highest BCUT2D eigenvalue weighted by atomic mass is 16.5. The Kier molecular flexibility index (Phi) is 9.03. The summed E-state index contributed by atoms with van der Waals surface area (Å²) in [6, 6.07) is 6.43. The zero-order chi connectivity index (χ0) is 23.0. The van der Waals surface area contributed by atoms with Crippen LogP contribution < -0.4 is 4.74 Å². The van der Waals surface area contributed by atoms with E-state index in [2.05, 4.69) is 0 Å². The number of unbranched alkanes of at least 4 members (excludes halogenated alkanes) is 3. The second-order valence-electron chi connectivity index (χ2n) is 8.17. The first kappa shape index (κ1) is 24.4. The van der Waals surface area contributed by atoms with Gasteiger partial charge in [0, 0.05) is 11.1 Å². The maximum Gasteiger partial charge on any atom is 0.339 e. The molecule has 0 aliphatic carbocycles. The monoisotopic (exact) mass is 430 g/mol. The Morgan fingerprint density at radius 1 is 0.935 bits per heavy atom. The second-order valence-corrected chi connectivity index (χ2v) is 8.17. The van der Waals surface area contributed by atoms with Crippen LogP contribution in [0.5, 0.6) is 23.0 Å². The van der Waals surface area contributed by atoms with Gasteiger partial charge < -0.3 is 25.2 Å². The summed E-state index contributed by atoms with van der Waals surface area (Å²) in [5, 5.41) is 39.3. The quantitative estimate of drug-likeness (QED) is 0.252. The Balaban J connectivity index is 1.83. The molecule has 0 unspecified atom stereocenters. The second kappa shape index (κ2) is 11.5. The summed E-state index contributed by atoms with van der Waals surface area (Å²) in [7, 11) is 0. The van der Waals surface area contributed by atoms with E-state index in [4.69, 9.17) is 4.74 Å². The predicted molar refractivity (Wildman–Crippen MR) is 121 cm³/mol. The number of aromatic carboxylic acids is 1. The number of rotatable bonds is 12. The van der Waals surface area contributed by atoms with Crippen molar-refractivity contribution in [2.45, 2.75) is 71.6 Å². The number of carbonyl (C=O) groups is 1. The van der Waals surface area contributed by atoms with E-state index in [-0.39, 0.29) is 28.7 Å². The molecule has 4 N–H and O–H groups in total. The minimum absolute atomic E-state index is 0.0130. The van der Waals surface area contributed by atoms with Crippen LogP contribution in [0.3, 0.4) is 0 Å². The zero-order valence-corrected chi connectivity index (χ0v) is 18.6. The molecule has 2 rings (SSSR count). The fourth-order valence-corrected chi connectivity index (χ4v) is 3.87. The maximum absolute atomic E-state index is 11.2. The summed E-state index contributed by atoms with van der Waals surface area (Å²) in [6.45, 7) is 6.47. The van der Waals surface area contributed by atoms with E-state index in [9.17, 15) is 25.2 Å². The first-order valence-electron chi connectivity index (χ1n) is 11.0. The van der Waals surface area contributed by atoms with Crippen LogP contribution in [0.4, 0.5) is 0 Å². The van der Waals surface area contributed by atoms with Crippen molar-refractivity contribution in [2.75, 3.05) is 6.61 Å². The Morgan fingerprint density at radius 2 is 1.65 bits per heavy atom. The molecule has 0 radical (unpaired) electrons. The van der Waals surface area contributed by atoms with Gasteiger partial charge in [0.25, 0.3) is 0 Å². The number of benzene rings is 2. The van der Waals surface area contributed by atoms with E-state index in [0.29, 0.717) is 24.3 Å². The molecule has 0 saturated carbocycles. The largest absolute Gasteiger partial charge is 0.507 e. The van der Waals surface area contributed by atoms with Crippen LogP contribution in [0.1, 0.15) is 85.8 Å². The van der Waals surface area contributed by atoms with Crippen molar-refractivity contribution in [2.24, 2.45) is 0 Å². The molecule has 0 fully saturated rings. The lowest BCUT2D eigenvalue weighted by Gasteiger charge is -2.16. The molecule has 170 valence electrons. The molecule has 0 atom stereocenters. The van der Waals surface area contributed by atoms with Crippen LogP contribution in [-0.4, -0.2) is 33.0 Å². The fourth-order valence-electron chi connectivity index (χ4n) is 3.87. The van der Waals surface area contributed by atoms with E-state index in [1.807, 2.05) is 26.8 Å². The highest BCUT2D eigenvalue weighted by Crippen LogP contribution is 2.37. The topological polar surface area (TPSA) is 107 Å². The van der Waals surface area contributed by atoms with Gasteiger partial charge in [-0.05, 0) is 55.4 Å². The zero-order valence-electron chi connectivity index (χ0n) is 18.6. The Morgan fingerprint density at radius 3 is 2.29 bits per heavy atom. The lowest BCUT2D eigenvalue weighted by molar-refractivity contribution is 0.0693. The number of carboxylic acids is 1. The third-order valence-corrected chi connectivity index (χ3v) is 5.43. The predicted octanol–water partition coefficient (Wildman–Crippen LogP) is 5.76. The molecule has 0 aliphatic rings. The number of carboxylic acid groups (broad SMARTS) is 1. The molecular weight excluding hydrogens is 396 g/mol. The van der Waals surface area contributed by atoms with Gasteiger partial charge in [-0.3, -0.25) is 0 Å². The van der Waals surface area contributed by atoms with Gasteiger partial charge >= 0.3 is 5.97 Å². The van der Waals surface area contributed by atoms with Crippen molar-refractivity contribution < 1.29 is 30.0 Å². The summed E-state index contributed by atoms with van der Waals surface area (Å²) in [4.78, 5) is 11.2. The number of ether oxygens (including phenoxy) is 1. The van der Waals surface area contributed by atoms with Gasteiger partial charge in [0.2, 0.25) is 0 Å². The molecule has 6 nitrogen and oxygen atoms in total. The molecule has 0 heterocycles. The summed E-state index contributed by atoms with van der Waals surface area (Å²) in [5.41, 5.74) is 2.34. The van der Waals surface area contributed by atoms with Gasteiger partial charge in [-0.15, -0.1) is 0 Å². The van der Waals surface area contributed by atoms with Crippen molar-refractivity contribution in [3.8, 4) is 23.0 Å². The lowest BCUT2D eigenvalue weighted by atomic mass is 9.92. The van der Waals surface area contributed by atoms with Gasteiger partial charge in [0.1, 0.15) is 17.1 Å². The number of phenolic OH excluding ortho intramolecular Hbond substituents is 2. The highest BCUT2D eigenvalue weighted by molar-refractivity contribution is 5.91. The Labute approximate surface area is 184 Å². The van der Waals surface area contributed by atoms with E-state index in [1.165, 1.54) is 6.07 Å². The van der Waals surface area contributed by atoms with E-state index in [0.717, 1.165) is 49.7 Å². The summed E-state index contributed by atoms with van der Waals surface area (Å²) in [6.07, 6.45) is 5.98. The SMILES string of the molecule is CCCc1c(OCCCCCCc2ccc(O)c(O)c2C(C)C)ccc(C(=O)O)c1O. The molecule has 0 bridgehead atoms. The molecule has 0 spiro atoms. The third kappa shape index (κ3) is 6.29. The summed E-state index contributed by atoms with van der Waals surface area (Å²) < 4.78 is 5.84.